The molecule has 0 aliphatic rings. The van der Waals surface area contributed by atoms with Crippen molar-refractivity contribution in [3.8, 4) is 11.5 Å². The lowest BCUT2D eigenvalue weighted by atomic mass is 10.1. The van der Waals surface area contributed by atoms with Crippen LogP contribution in [-0.4, -0.2) is 24.7 Å². The average Bonchev–Trinajstić information content (AvgIpc) is 2.29. The van der Waals surface area contributed by atoms with Crippen molar-refractivity contribution in [1.82, 2.24) is 5.48 Å². The van der Waals surface area contributed by atoms with E-state index in [9.17, 15) is 9.90 Å². The van der Waals surface area contributed by atoms with Crippen LogP contribution in [0.5, 0.6) is 11.5 Å². The molecule has 17 heavy (non-hydrogen) atoms. The molecule has 0 bridgehead atoms. The molecule has 0 saturated carbocycles. The van der Waals surface area contributed by atoms with Crippen LogP contribution in [-0.2, 0) is 9.63 Å². The Hall–Kier alpha value is -1.79. The molecular weight excluding hydrogens is 224 g/mol. The zero-order valence-electron chi connectivity index (χ0n) is 9.77. The molecule has 1 unspecified atom stereocenters. The van der Waals surface area contributed by atoms with E-state index in [1.54, 1.807) is 19.1 Å². The predicted molar refractivity (Wildman–Crippen MR) is 61.4 cm³/mol. The lowest BCUT2D eigenvalue weighted by molar-refractivity contribution is -0.126. The van der Waals surface area contributed by atoms with Gasteiger partial charge >= 0.3 is 0 Å². The summed E-state index contributed by atoms with van der Waals surface area (Å²) >= 11 is 0. The van der Waals surface area contributed by atoms with Gasteiger partial charge in [0.2, 0.25) is 5.91 Å². The van der Waals surface area contributed by atoms with E-state index in [1.807, 2.05) is 0 Å². The smallest absolute Gasteiger partial charge is 0.245 e. The number of carbonyl (C=O) groups is 1. The summed E-state index contributed by atoms with van der Waals surface area (Å²) in [4.78, 5) is 15.3. The standard InChI is InChI=1S/C11H16N2O4/c1-7(13-17-6-11(12)15)9-5-8(16-2)3-4-10(9)14/h3-5,7,13-14H,6H2,1-2H3,(H2,12,15). The van der Waals surface area contributed by atoms with Crippen molar-refractivity contribution in [3.63, 3.8) is 0 Å². The van der Waals surface area contributed by atoms with E-state index in [2.05, 4.69) is 5.48 Å². The van der Waals surface area contributed by atoms with Gasteiger partial charge in [-0.2, -0.15) is 5.48 Å². The molecule has 0 radical (unpaired) electrons. The molecule has 0 aliphatic heterocycles. The van der Waals surface area contributed by atoms with Crippen LogP contribution in [0.15, 0.2) is 18.2 Å². The third kappa shape index (κ3) is 3.93. The minimum Gasteiger partial charge on any atom is -0.508 e. The van der Waals surface area contributed by atoms with Crippen LogP contribution in [0, 0.1) is 0 Å². The first-order valence-corrected chi connectivity index (χ1v) is 5.07. The molecule has 1 aromatic rings. The van der Waals surface area contributed by atoms with Crippen molar-refractivity contribution < 1.29 is 19.5 Å². The molecule has 1 amide bonds. The molecule has 0 saturated heterocycles. The SMILES string of the molecule is COc1ccc(O)c(C(C)NOCC(N)=O)c1. The molecule has 0 aliphatic carbocycles. The Morgan fingerprint density at radius 1 is 1.59 bits per heavy atom. The van der Waals surface area contributed by atoms with Crippen LogP contribution in [0.1, 0.15) is 18.5 Å². The normalized spacial score (nSPS) is 12.1. The molecule has 0 spiro atoms. The van der Waals surface area contributed by atoms with Gasteiger partial charge in [-0.05, 0) is 25.1 Å². The van der Waals surface area contributed by atoms with Crippen molar-refractivity contribution >= 4 is 5.91 Å². The number of amides is 1. The number of methoxy groups -OCH3 is 1. The lowest BCUT2D eigenvalue weighted by Crippen LogP contribution is -2.26. The van der Waals surface area contributed by atoms with E-state index >= 15 is 0 Å². The van der Waals surface area contributed by atoms with Crippen LogP contribution < -0.4 is 16.0 Å². The Balaban J connectivity index is 2.67. The number of carbonyl (C=O) groups excluding carboxylic acids is 1. The van der Waals surface area contributed by atoms with Gasteiger partial charge in [0.25, 0.3) is 0 Å². The number of rotatable bonds is 6. The van der Waals surface area contributed by atoms with Gasteiger partial charge in [0.05, 0.1) is 13.2 Å². The quantitative estimate of drug-likeness (QED) is 0.628. The minimum atomic E-state index is -0.570. The van der Waals surface area contributed by atoms with Gasteiger partial charge in [0, 0.05) is 5.56 Å². The second-order valence-corrected chi connectivity index (χ2v) is 3.52. The second kappa shape index (κ2) is 6.07. The molecule has 6 heteroatoms. The number of primary amides is 1. The predicted octanol–water partition coefficient (Wildman–Crippen LogP) is 0.468. The van der Waals surface area contributed by atoms with Gasteiger partial charge in [-0.15, -0.1) is 0 Å². The first-order valence-electron chi connectivity index (χ1n) is 5.07. The Kier molecular flexibility index (Phi) is 4.74. The number of phenols is 1. The third-order valence-electron chi connectivity index (χ3n) is 2.18. The third-order valence-corrected chi connectivity index (χ3v) is 2.18. The van der Waals surface area contributed by atoms with Gasteiger partial charge in [-0.25, -0.2) is 0 Å². The molecule has 0 heterocycles. The number of nitrogens with one attached hydrogen (secondary N) is 1. The number of hydroxylamine groups is 1. The van der Waals surface area contributed by atoms with E-state index < -0.39 is 5.91 Å². The monoisotopic (exact) mass is 240 g/mol. The highest BCUT2D eigenvalue weighted by molar-refractivity contribution is 5.74. The summed E-state index contributed by atoms with van der Waals surface area (Å²) in [5.41, 5.74) is 8.13. The fourth-order valence-electron chi connectivity index (χ4n) is 1.31. The maximum absolute atomic E-state index is 10.5. The van der Waals surface area contributed by atoms with Gasteiger partial charge in [0.15, 0.2) is 0 Å². The highest BCUT2D eigenvalue weighted by Gasteiger charge is 2.11. The van der Waals surface area contributed by atoms with Crippen LogP contribution in [0.2, 0.25) is 0 Å². The van der Waals surface area contributed by atoms with Gasteiger partial charge < -0.3 is 15.6 Å². The Bertz CT molecular complexity index is 395. The van der Waals surface area contributed by atoms with E-state index in [0.717, 1.165) is 0 Å². The number of nitrogens with two attached hydrogens (primary N) is 1. The molecule has 0 fully saturated rings. The van der Waals surface area contributed by atoms with Crippen molar-refractivity contribution in [3.05, 3.63) is 23.8 Å². The zero-order chi connectivity index (χ0) is 12.8. The summed E-state index contributed by atoms with van der Waals surface area (Å²) in [6.45, 7) is 1.55. The Morgan fingerprint density at radius 3 is 2.88 bits per heavy atom. The van der Waals surface area contributed by atoms with E-state index in [1.165, 1.54) is 13.2 Å². The maximum atomic E-state index is 10.5. The van der Waals surface area contributed by atoms with Crippen molar-refractivity contribution in [2.75, 3.05) is 13.7 Å². The Morgan fingerprint density at radius 2 is 2.29 bits per heavy atom. The molecular formula is C11H16N2O4. The summed E-state index contributed by atoms with van der Waals surface area (Å²) in [5, 5.41) is 9.67. The molecule has 1 atom stereocenters. The number of hydrogen-bond acceptors (Lipinski definition) is 5. The number of hydrogen-bond donors (Lipinski definition) is 3. The van der Waals surface area contributed by atoms with Crippen molar-refractivity contribution in [1.29, 1.82) is 0 Å². The summed E-state index contributed by atoms with van der Waals surface area (Å²) in [7, 11) is 1.54. The van der Waals surface area contributed by atoms with Crippen LogP contribution >= 0.6 is 0 Å². The lowest BCUT2D eigenvalue weighted by Gasteiger charge is -2.15. The number of phenolic OH excluding ortho intramolecular Hbond substituents is 1. The summed E-state index contributed by atoms with van der Waals surface area (Å²) in [6, 6.07) is 4.56. The maximum Gasteiger partial charge on any atom is 0.245 e. The van der Waals surface area contributed by atoms with Crippen molar-refractivity contribution in [2.24, 2.45) is 5.73 Å². The van der Waals surface area contributed by atoms with E-state index in [0.29, 0.717) is 11.3 Å². The van der Waals surface area contributed by atoms with Gasteiger partial charge in [-0.3, -0.25) is 9.63 Å². The van der Waals surface area contributed by atoms with Crippen LogP contribution in [0.25, 0.3) is 0 Å². The average molecular weight is 240 g/mol. The molecule has 1 rings (SSSR count). The molecule has 6 nitrogen and oxygen atoms in total. The number of aromatic hydroxyl groups is 1. The highest BCUT2D eigenvalue weighted by atomic mass is 16.6. The largest absolute Gasteiger partial charge is 0.508 e. The first kappa shape index (κ1) is 13.3. The van der Waals surface area contributed by atoms with Gasteiger partial charge in [0.1, 0.15) is 18.1 Å². The van der Waals surface area contributed by atoms with Crippen LogP contribution in [0.3, 0.4) is 0 Å². The van der Waals surface area contributed by atoms with Crippen LogP contribution in [0.4, 0.5) is 0 Å². The summed E-state index contributed by atoms with van der Waals surface area (Å²) in [6.07, 6.45) is 0. The number of ether oxygens (including phenoxy) is 1. The van der Waals surface area contributed by atoms with E-state index in [4.69, 9.17) is 15.3 Å². The number of benzene rings is 1. The summed E-state index contributed by atoms with van der Waals surface area (Å²) < 4.78 is 5.05. The molecule has 1 aromatic carbocycles. The molecule has 94 valence electrons. The summed E-state index contributed by atoms with van der Waals surface area (Å²) in [5.74, 6) is 0.175. The molecule has 0 aromatic heterocycles. The first-order chi connectivity index (χ1) is 8.04. The minimum absolute atomic E-state index is 0.119. The van der Waals surface area contributed by atoms with E-state index in [-0.39, 0.29) is 18.4 Å². The second-order valence-electron chi connectivity index (χ2n) is 3.52. The molecule has 4 N–H and O–H groups in total. The Labute approximate surface area is 99.3 Å². The van der Waals surface area contributed by atoms with Crippen molar-refractivity contribution in [2.45, 2.75) is 13.0 Å². The fraction of sp³-hybridized carbons (Fsp3) is 0.364. The topological polar surface area (TPSA) is 93.8 Å². The zero-order valence-corrected chi connectivity index (χ0v) is 9.77. The highest BCUT2D eigenvalue weighted by Crippen LogP contribution is 2.28. The fourth-order valence-corrected chi connectivity index (χ4v) is 1.31. The van der Waals surface area contributed by atoms with Gasteiger partial charge in [-0.1, -0.05) is 0 Å².